The van der Waals surface area contributed by atoms with Crippen molar-refractivity contribution in [3.63, 3.8) is 0 Å². The number of morpholine rings is 1. The van der Waals surface area contributed by atoms with Crippen LogP contribution in [0.2, 0.25) is 0 Å². The number of halogens is 1. The van der Waals surface area contributed by atoms with Crippen LogP contribution in [0.5, 0.6) is 0 Å². The number of hydrogen-bond acceptors (Lipinski definition) is 3. The van der Waals surface area contributed by atoms with Crippen LogP contribution in [-0.4, -0.2) is 63.0 Å². The summed E-state index contributed by atoms with van der Waals surface area (Å²) >= 11 is 0. The molecule has 6 heteroatoms. The summed E-state index contributed by atoms with van der Waals surface area (Å²) in [7, 11) is 1.86. The third-order valence-electron chi connectivity index (χ3n) is 4.96. The van der Waals surface area contributed by atoms with E-state index in [1.54, 1.807) is 0 Å². The molecule has 2 aliphatic heterocycles. The lowest BCUT2D eigenvalue weighted by Crippen LogP contribution is -2.53. The molecule has 2 unspecified atom stereocenters. The van der Waals surface area contributed by atoms with E-state index in [4.69, 9.17) is 9.47 Å². The molecule has 1 aromatic rings. The number of rotatable bonds is 4. The summed E-state index contributed by atoms with van der Waals surface area (Å²) in [5.74, 6) is 0.968. The zero-order valence-electron chi connectivity index (χ0n) is 16.2. The van der Waals surface area contributed by atoms with E-state index in [1.807, 2.05) is 7.05 Å². The van der Waals surface area contributed by atoms with Gasteiger partial charge in [-0.25, -0.2) is 0 Å². The smallest absolute Gasteiger partial charge is 0.193 e. The molecule has 0 amide bonds. The molecule has 2 heterocycles. The van der Waals surface area contributed by atoms with Crippen molar-refractivity contribution in [3.8, 4) is 0 Å². The van der Waals surface area contributed by atoms with Crippen LogP contribution in [0.15, 0.2) is 23.2 Å². The number of nitrogens with zero attached hydrogens (tertiary/aromatic N) is 2. The van der Waals surface area contributed by atoms with Gasteiger partial charge in [-0.15, -0.1) is 24.0 Å². The number of aryl methyl sites for hydroxylation is 2. The van der Waals surface area contributed by atoms with Crippen molar-refractivity contribution in [3.05, 3.63) is 34.9 Å². The molecule has 2 atom stereocenters. The lowest BCUT2D eigenvalue weighted by atomic mass is 10.1. The quantitative estimate of drug-likeness (QED) is 0.415. The summed E-state index contributed by atoms with van der Waals surface area (Å²) in [5.41, 5.74) is 4.03. The number of hydrogen-bond donors (Lipinski definition) is 1. The van der Waals surface area contributed by atoms with Gasteiger partial charge in [0, 0.05) is 33.3 Å². The van der Waals surface area contributed by atoms with Crippen LogP contribution in [0.1, 0.15) is 29.5 Å². The molecule has 0 bridgehead atoms. The van der Waals surface area contributed by atoms with Crippen molar-refractivity contribution < 1.29 is 9.47 Å². The van der Waals surface area contributed by atoms with Gasteiger partial charge in [-0.1, -0.05) is 29.3 Å². The topological polar surface area (TPSA) is 46.1 Å². The number of guanidine groups is 1. The summed E-state index contributed by atoms with van der Waals surface area (Å²) in [4.78, 5) is 6.78. The fraction of sp³-hybridized carbons (Fsp3) is 0.650. The normalized spacial score (nSPS) is 23.7. The van der Waals surface area contributed by atoms with Crippen LogP contribution in [0.4, 0.5) is 0 Å². The number of ether oxygens (including phenoxy) is 2. The first-order chi connectivity index (χ1) is 12.2. The predicted octanol–water partition coefficient (Wildman–Crippen LogP) is 2.92. The highest BCUT2D eigenvalue weighted by Crippen LogP contribution is 2.21. The maximum atomic E-state index is 5.94. The highest BCUT2D eigenvalue weighted by Gasteiger charge is 2.32. The number of nitrogens with one attached hydrogen (secondary N) is 1. The molecule has 1 aromatic carbocycles. The van der Waals surface area contributed by atoms with Crippen molar-refractivity contribution in [1.82, 2.24) is 10.2 Å². The van der Waals surface area contributed by atoms with Gasteiger partial charge < -0.3 is 19.7 Å². The minimum absolute atomic E-state index is 0. The molecule has 2 saturated heterocycles. The minimum atomic E-state index is 0. The Balaban J connectivity index is 0.00000243. The summed E-state index contributed by atoms with van der Waals surface area (Å²) in [6.45, 7) is 8.54. The maximum Gasteiger partial charge on any atom is 0.193 e. The van der Waals surface area contributed by atoms with Gasteiger partial charge in [-0.3, -0.25) is 4.99 Å². The fourth-order valence-electron chi connectivity index (χ4n) is 3.85. The molecule has 0 aliphatic carbocycles. The molecule has 2 fully saturated rings. The van der Waals surface area contributed by atoms with E-state index in [-0.39, 0.29) is 36.2 Å². The minimum Gasteiger partial charge on any atom is -0.375 e. The molecule has 26 heavy (non-hydrogen) atoms. The highest BCUT2D eigenvalue weighted by atomic mass is 127. The monoisotopic (exact) mass is 473 g/mol. The Bertz CT molecular complexity index is 582. The Kier molecular flexibility index (Phi) is 8.63. The molecular weight excluding hydrogens is 441 g/mol. The van der Waals surface area contributed by atoms with Crippen LogP contribution in [-0.2, 0) is 15.9 Å². The van der Waals surface area contributed by atoms with E-state index in [0.29, 0.717) is 0 Å². The Morgan fingerprint density at radius 1 is 1.15 bits per heavy atom. The fourth-order valence-corrected chi connectivity index (χ4v) is 3.85. The van der Waals surface area contributed by atoms with Crippen molar-refractivity contribution in [2.24, 2.45) is 4.99 Å². The highest BCUT2D eigenvalue weighted by molar-refractivity contribution is 14.0. The van der Waals surface area contributed by atoms with E-state index in [1.165, 1.54) is 16.7 Å². The molecule has 0 spiro atoms. The van der Waals surface area contributed by atoms with Crippen molar-refractivity contribution in [2.45, 2.75) is 45.3 Å². The SMILES string of the molecule is CN=C(NCCc1cc(C)cc(C)c1)N1CCOC(C2CCCO2)C1.I. The van der Waals surface area contributed by atoms with Crippen molar-refractivity contribution in [1.29, 1.82) is 0 Å². The lowest BCUT2D eigenvalue weighted by Gasteiger charge is -2.37. The summed E-state index contributed by atoms with van der Waals surface area (Å²) in [5, 5.41) is 3.52. The van der Waals surface area contributed by atoms with Crippen molar-refractivity contribution in [2.75, 3.05) is 39.9 Å². The lowest BCUT2D eigenvalue weighted by molar-refractivity contribution is -0.0816. The molecule has 0 saturated carbocycles. The zero-order chi connectivity index (χ0) is 17.6. The van der Waals surface area contributed by atoms with E-state index >= 15 is 0 Å². The second kappa shape index (κ2) is 10.5. The zero-order valence-corrected chi connectivity index (χ0v) is 18.5. The summed E-state index contributed by atoms with van der Waals surface area (Å²) < 4.78 is 11.7. The Morgan fingerprint density at radius 3 is 2.54 bits per heavy atom. The largest absolute Gasteiger partial charge is 0.375 e. The molecule has 0 radical (unpaired) electrons. The first-order valence-electron chi connectivity index (χ1n) is 9.41. The Labute approximate surface area is 174 Å². The van der Waals surface area contributed by atoms with E-state index < -0.39 is 0 Å². The molecule has 5 nitrogen and oxygen atoms in total. The van der Waals surface area contributed by atoms with Gasteiger partial charge in [0.2, 0.25) is 0 Å². The number of aliphatic imine (C=N–C) groups is 1. The molecule has 146 valence electrons. The molecule has 3 rings (SSSR count). The van der Waals surface area contributed by atoms with Gasteiger partial charge in [0.05, 0.1) is 12.7 Å². The molecule has 1 N–H and O–H groups in total. The predicted molar refractivity (Wildman–Crippen MR) is 117 cm³/mol. The summed E-state index contributed by atoms with van der Waals surface area (Å²) in [6, 6.07) is 6.74. The van der Waals surface area contributed by atoms with E-state index in [0.717, 1.165) is 58.1 Å². The second-order valence-corrected chi connectivity index (χ2v) is 7.13. The molecular formula is C20H32IN3O2. The third kappa shape index (κ3) is 5.82. The summed E-state index contributed by atoms with van der Waals surface area (Å²) in [6.07, 6.45) is 3.66. The maximum absolute atomic E-state index is 5.94. The van der Waals surface area contributed by atoms with Crippen LogP contribution < -0.4 is 5.32 Å². The Hall–Kier alpha value is -0.860. The average molecular weight is 473 g/mol. The van der Waals surface area contributed by atoms with Gasteiger partial charge in [0.15, 0.2) is 5.96 Å². The van der Waals surface area contributed by atoms with Crippen LogP contribution in [0.25, 0.3) is 0 Å². The van der Waals surface area contributed by atoms with Crippen LogP contribution in [0.3, 0.4) is 0 Å². The van der Waals surface area contributed by atoms with Crippen LogP contribution >= 0.6 is 24.0 Å². The van der Waals surface area contributed by atoms with Gasteiger partial charge in [0.1, 0.15) is 6.10 Å². The second-order valence-electron chi connectivity index (χ2n) is 7.13. The average Bonchev–Trinajstić information content (AvgIpc) is 3.13. The first kappa shape index (κ1) is 21.4. The van der Waals surface area contributed by atoms with Crippen molar-refractivity contribution >= 4 is 29.9 Å². The molecule has 0 aromatic heterocycles. The third-order valence-corrected chi connectivity index (χ3v) is 4.96. The molecule has 2 aliphatic rings. The van der Waals surface area contributed by atoms with E-state index in [2.05, 4.69) is 47.3 Å². The van der Waals surface area contributed by atoms with Crippen LogP contribution in [0, 0.1) is 13.8 Å². The number of benzene rings is 1. The van der Waals surface area contributed by atoms with Gasteiger partial charge in [-0.2, -0.15) is 0 Å². The van der Waals surface area contributed by atoms with Gasteiger partial charge in [0.25, 0.3) is 0 Å². The van der Waals surface area contributed by atoms with Gasteiger partial charge >= 0.3 is 0 Å². The standard InChI is InChI=1S/C20H31N3O2.HI/c1-15-11-16(2)13-17(12-15)6-7-22-20(21-3)23-8-10-25-19(14-23)18-5-4-9-24-18;/h11-13,18-19H,4-10,14H2,1-3H3,(H,21,22);1H. The Morgan fingerprint density at radius 2 is 1.88 bits per heavy atom. The van der Waals surface area contributed by atoms with E-state index in [9.17, 15) is 0 Å². The first-order valence-corrected chi connectivity index (χ1v) is 9.41. The van der Waals surface area contributed by atoms with Gasteiger partial charge in [-0.05, 0) is 38.7 Å².